The normalized spacial score (nSPS) is 22.3. The van der Waals surface area contributed by atoms with Crippen molar-refractivity contribution in [3.05, 3.63) is 0 Å². The Morgan fingerprint density at radius 1 is 1.33 bits per heavy atom. The van der Waals surface area contributed by atoms with Gasteiger partial charge in [-0.25, -0.2) is 0 Å². The minimum Gasteiger partial charge on any atom is -0.296 e. The highest BCUT2D eigenvalue weighted by Gasteiger charge is 2.40. The molecular formula is C7H15NO3S. The Bertz CT molecular complexity index is 259. The molecule has 1 aliphatic rings. The number of hydrogen-bond acceptors (Lipinski definition) is 3. The van der Waals surface area contributed by atoms with E-state index >= 15 is 0 Å². The van der Waals surface area contributed by atoms with E-state index in [-0.39, 0.29) is 5.54 Å². The maximum absolute atomic E-state index is 10.6. The van der Waals surface area contributed by atoms with Crippen molar-refractivity contribution in [1.82, 2.24) is 4.90 Å². The molecule has 12 heavy (non-hydrogen) atoms. The molecule has 1 fully saturated rings. The highest BCUT2D eigenvalue weighted by Crippen LogP contribution is 2.24. The van der Waals surface area contributed by atoms with Gasteiger partial charge in [-0.05, 0) is 20.8 Å². The molecule has 0 bridgehead atoms. The maximum Gasteiger partial charge on any atom is 0.270 e. The average Bonchev–Trinajstić information content (AvgIpc) is 1.46. The number of likely N-dealkylation sites (tertiary alicyclic amines) is 1. The Hall–Kier alpha value is -0.130. The van der Waals surface area contributed by atoms with E-state index in [0.717, 1.165) is 0 Å². The molecule has 0 amide bonds. The van der Waals surface area contributed by atoms with Crippen LogP contribution in [0.25, 0.3) is 0 Å². The highest BCUT2D eigenvalue weighted by molar-refractivity contribution is 7.86. The third-order valence-electron chi connectivity index (χ3n) is 2.22. The molecule has 1 N–H and O–H groups in total. The lowest BCUT2D eigenvalue weighted by Crippen LogP contribution is -2.61. The zero-order valence-corrected chi connectivity index (χ0v) is 8.43. The van der Waals surface area contributed by atoms with E-state index < -0.39 is 15.4 Å². The molecule has 0 spiro atoms. The number of nitrogens with zero attached hydrogens (tertiary/aromatic N) is 1. The fourth-order valence-electron chi connectivity index (χ4n) is 1.17. The van der Waals surface area contributed by atoms with Gasteiger partial charge in [0.15, 0.2) is 0 Å². The molecule has 0 aromatic heterocycles. The molecule has 0 aromatic rings. The summed E-state index contributed by atoms with van der Waals surface area (Å²) in [5.41, 5.74) is 0.00118. The van der Waals surface area contributed by atoms with Gasteiger partial charge < -0.3 is 0 Å². The fourth-order valence-corrected chi connectivity index (χ4v) is 1.91. The van der Waals surface area contributed by atoms with E-state index in [1.807, 2.05) is 25.7 Å². The quantitative estimate of drug-likeness (QED) is 0.611. The van der Waals surface area contributed by atoms with Gasteiger partial charge in [0.2, 0.25) is 0 Å². The first-order valence-corrected chi connectivity index (χ1v) is 5.43. The Morgan fingerprint density at radius 3 is 2.00 bits per heavy atom. The third kappa shape index (κ3) is 1.97. The Morgan fingerprint density at radius 2 is 1.75 bits per heavy atom. The van der Waals surface area contributed by atoms with Gasteiger partial charge >= 0.3 is 0 Å². The van der Waals surface area contributed by atoms with Crippen LogP contribution in [-0.4, -0.2) is 41.7 Å². The second kappa shape index (κ2) is 2.68. The van der Waals surface area contributed by atoms with Gasteiger partial charge in [-0.1, -0.05) is 0 Å². The van der Waals surface area contributed by atoms with Gasteiger partial charge in [0.25, 0.3) is 10.1 Å². The predicted molar refractivity (Wildman–Crippen MR) is 46.7 cm³/mol. The van der Waals surface area contributed by atoms with Crippen LogP contribution in [0.15, 0.2) is 0 Å². The fraction of sp³-hybridized carbons (Fsp3) is 1.00. The molecular weight excluding hydrogens is 178 g/mol. The topological polar surface area (TPSA) is 57.6 Å². The number of hydrogen-bond donors (Lipinski definition) is 1. The van der Waals surface area contributed by atoms with Crippen LogP contribution in [0, 0.1) is 0 Å². The molecule has 1 heterocycles. The van der Waals surface area contributed by atoms with Gasteiger partial charge in [0, 0.05) is 18.6 Å². The summed E-state index contributed by atoms with van der Waals surface area (Å²) in [6.07, 6.45) is 0. The smallest absolute Gasteiger partial charge is 0.270 e. The average molecular weight is 193 g/mol. The zero-order chi connectivity index (χ0) is 9.57. The van der Waals surface area contributed by atoms with E-state index in [1.54, 1.807) is 0 Å². The summed E-state index contributed by atoms with van der Waals surface area (Å²) in [5.74, 6) is 0. The van der Waals surface area contributed by atoms with Crippen LogP contribution in [0.5, 0.6) is 0 Å². The first-order valence-electron chi connectivity index (χ1n) is 3.92. The van der Waals surface area contributed by atoms with Crippen LogP contribution < -0.4 is 0 Å². The molecule has 5 heteroatoms. The van der Waals surface area contributed by atoms with Crippen LogP contribution in [0.4, 0.5) is 0 Å². The van der Waals surface area contributed by atoms with Gasteiger partial charge in [-0.15, -0.1) is 0 Å². The summed E-state index contributed by atoms with van der Waals surface area (Å²) in [6, 6.07) is 0. The minimum absolute atomic E-state index is 0.00118. The molecule has 4 nitrogen and oxygen atoms in total. The first-order chi connectivity index (χ1) is 5.21. The van der Waals surface area contributed by atoms with Gasteiger partial charge in [0.05, 0.1) is 0 Å². The molecule has 0 radical (unpaired) electrons. The summed E-state index contributed by atoms with van der Waals surface area (Å²) in [4.78, 5) is 2.02. The maximum atomic E-state index is 10.6. The van der Waals surface area contributed by atoms with Crippen molar-refractivity contribution in [1.29, 1.82) is 0 Å². The van der Waals surface area contributed by atoms with Gasteiger partial charge in [-0.2, -0.15) is 8.42 Å². The van der Waals surface area contributed by atoms with Crippen molar-refractivity contribution in [3.8, 4) is 0 Å². The number of rotatable bonds is 1. The summed E-state index contributed by atoms with van der Waals surface area (Å²) < 4.78 is 29.9. The lowest BCUT2D eigenvalue weighted by Gasteiger charge is -2.46. The molecule has 1 rings (SSSR count). The van der Waals surface area contributed by atoms with Crippen molar-refractivity contribution >= 4 is 10.1 Å². The Kier molecular flexibility index (Phi) is 2.22. The molecule has 0 aromatic carbocycles. The first kappa shape index (κ1) is 9.95. The second-order valence-corrected chi connectivity index (χ2v) is 5.91. The summed E-state index contributed by atoms with van der Waals surface area (Å²) >= 11 is 0. The van der Waals surface area contributed by atoms with Crippen LogP contribution in [-0.2, 0) is 10.1 Å². The third-order valence-corrected chi connectivity index (χ3v) is 3.36. The molecule has 1 saturated heterocycles. The summed E-state index contributed by atoms with van der Waals surface area (Å²) in [6.45, 7) is 6.96. The zero-order valence-electron chi connectivity index (χ0n) is 7.61. The van der Waals surface area contributed by atoms with Crippen LogP contribution in [0.2, 0.25) is 0 Å². The van der Waals surface area contributed by atoms with E-state index in [9.17, 15) is 8.42 Å². The van der Waals surface area contributed by atoms with E-state index in [1.165, 1.54) is 0 Å². The van der Waals surface area contributed by atoms with E-state index in [2.05, 4.69) is 0 Å². The van der Waals surface area contributed by atoms with Crippen molar-refractivity contribution in [2.75, 3.05) is 13.1 Å². The van der Waals surface area contributed by atoms with Gasteiger partial charge in [0.1, 0.15) is 5.25 Å². The van der Waals surface area contributed by atoms with Crippen LogP contribution in [0.3, 0.4) is 0 Å². The van der Waals surface area contributed by atoms with Crippen molar-refractivity contribution in [2.45, 2.75) is 31.6 Å². The summed E-state index contributed by atoms with van der Waals surface area (Å²) in [5, 5.41) is -0.572. The molecule has 0 unspecified atom stereocenters. The molecule has 0 saturated carbocycles. The standard InChI is InChI=1S/C7H15NO3S/c1-7(2,3)8-4-6(5-8)12(9,10)11/h6H,4-5H2,1-3H3,(H,9,10,11). The lowest BCUT2D eigenvalue weighted by atomic mass is 10.0. The highest BCUT2D eigenvalue weighted by atomic mass is 32.2. The van der Waals surface area contributed by atoms with Crippen molar-refractivity contribution in [3.63, 3.8) is 0 Å². The largest absolute Gasteiger partial charge is 0.296 e. The predicted octanol–water partition coefficient (Wildman–Crippen LogP) is 0.357. The molecule has 72 valence electrons. The second-order valence-electron chi connectivity index (χ2n) is 4.21. The van der Waals surface area contributed by atoms with E-state index in [4.69, 9.17) is 4.55 Å². The van der Waals surface area contributed by atoms with Crippen molar-refractivity contribution < 1.29 is 13.0 Å². The van der Waals surface area contributed by atoms with E-state index in [0.29, 0.717) is 13.1 Å². The Labute approximate surface area is 73.3 Å². The lowest BCUT2D eigenvalue weighted by molar-refractivity contribution is 0.0698. The van der Waals surface area contributed by atoms with Crippen LogP contribution in [0.1, 0.15) is 20.8 Å². The van der Waals surface area contributed by atoms with Gasteiger partial charge in [-0.3, -0.25) is 9.45 Å². The Balaban J connectivity index is 2.50. The monoisotopic (exact) mass is 193 g/mol. The summed E-state index contributed by atoms with van der Waals surface area (Å²) in [7, 11) is -3.80. The molecule has 0 aliphatic carbocycles. The molecule has 0 atom stereocenters. The minimum atomic E-state index is -3.80. The SMILES string of the molecule is CC(C)(C)N1CC(S(=O)(=O)O)C1. The van der Waals surface area contributed by atoms with Crippen molar-refractivity contribution in [2.24, 2.45) is 0 Å². The molecule has 1 aliphatic heterocycles. The van der Waals surface area contributed by atoms with Crippen LogP contribution >= 0.6 is 0 Å².